The SMILES string of the molecule is O=C(NNC(=O)c1ccccc1O)c1ccn[nH]1. The Morgan fingerprint density at radius 2 is 1.83 bits per heavy atom. The van der Waals surface area contributed by atoms with Crippen LogP contribution >= 0.6 is 0 Å². The Kier molecular flexibility index (Phi) is 3.24. The van der Waals surface area contributed by atoms with E-state index in [1.54, 1.807) is 12.1 Å². The van der Waals surface area contributed by atoms with E-state index in [-0.39, 0.29) is 17.0 Å². The molecule has 0 atom stereocenters. The minimum Gasteiger partial charge on any atom is -0.507 e. The summed E-state index contributed by atoms with van der Waals surface area (Å²) in [5, 5.41) is 15.5. The number of nitrogens with one attached hydrogen (secondary N) is 3. The molecular weight excluding hydrogens is 236 g/mol. The molecule has 92 valence electrons. The van der Waals surface area contributed by atoms with Crippen LogP contribution in [0, 0.1) is 0 Å². The zero-order valence-electron chi connectivity index (χ0n) is 9.18. The summed E-state index contributed by atoms with van der Waals surface area (Å²) in [6, 6.07) is 7.47. The number of benzene rings is 1. The minimum atomic E-state index is -0.610. The normalized spacial score (nSPS) is 9.78. The molecule has 7 heteroatoms. The lowest BCUT2D eigenvalue weighted by molar-refractivity contribution is 0.0842. The molecular formula is C11H10N4O3. The maximum absolute atomic E-state index is 11.6. The van der Waals surface area contributed by atoms with E-state index in [0.29, 0.717) is 0 Å². The molecule has 1 aromatic heterocycles. The third-order valence-electron chi connectivity index (χ3n) is 2.18. The summed E-state index contributed by atoms with van der Waals surface area (Å²) in [4.78, 5) is 23.1. The second kappa shape index (κ2) is 5.00. The minimum absolute atomic E-state index is 0.0717. The van der Waals surface area contributed by atoms with Gasteiger partial charge in [0.15, 0.2) is 0 Å². The Bertz CT molecular complexity index is 565. The van der Waals surface area contributed by atoms with Crippen LogP contribution in [0.3, 0.4) is 0 Å². The molecule has 0 unspecified atom stereocenters. The van der Waals surface area contributed by atoms with E-state index in [0.717, 1.165) is 0 Å². The van der Waals surface area contributed by atoms with Crippen LogP contribution in [0.1, 0.15) is 20.8 Å². The van der Waals surface area contributed by atoms with Gasteiger partial charge in [-0.2, -0.15) is 5.10 Å². The molecule has 0 aliphatic rings. The summed E-state index contributed by atoms with van der Waals surface area (Å²) in [7, 11) is 0. The van der Waals surface area contributed by atoms with Crippen molar-refractivity contribution < 1.29 is 14.7 Å². The first-order valence-electron chi connectivity index (χ1n) is 5.06. The number of rotatable bonds is 2. The van der Waals surface area contributed by atoms with Crippen molar-refractivity contribution in [2.24, 2.45) is 0 Å². The Balaban J connectivity index is 1.97. The van der Waals surface area contributed by atoms with Crippen LogP contribution in [0.2, 0.25) is 0 Å². The fourth-order valence-corrected chi connectivity index (χ4v) is 1.30. The van der Waals surface area contributed by atoms with Crippen LogP contribution in [0.15, 0.2) is 36.5 Å². The molecule has 0 fully saturated rings. The molecule has 7 nitrogen and oxygen atoms in total. The number of hydrogen-bond acceptors (Lipinski definition) is 4. The highest BCUT2D eigenvalue weighted by Crippen LogP contribution is 2.14. The maximum Gasteiger partial charge on any atom is 0.287 e. The number of nitrogens with zero attached hydrogens (tertiary/aromatic N) is 1. The van der Waals surface area contributed by atoms with Gasteiger partial charge >= 0.3 is 0 Å². The highest BCUT2D eigenvalue weighted by atomic mass is 16.3. The van der Waals surface area contributed by atoms with Crippen molar-refractivity contribution in [2.45, 2.75) is 0 Å². The van der Waals surface area contributed by atoms with Gasteiger partial charge in [-0.1, -0.05) is 12.1 Å². The summed E-state index contributed by atoms with van der Waals surface area (Å²) >= 11 is 0. The molecule has 0 saturated heterocycles. The van der Waals surface area contributed by atoms with Gasteiger partial charge in [0.05, 0.1) is 5.56 Å². The van der Waals surface area contributed by atoms with Crippen molar-refractivity contribution in [1.29, 1.82) is 0 Å². The van der Waals surface area contributed by atoms with Crippen LogP contribution in [0.4, 0.5) is 0 Å². The third-order valence-corrected chi connectivity index (χ3v) is 2.18. The van der Waals surface area contributed by atoms with Crippen LogP contribution < -0.4 is 10.9 Å². The van der Waals surface area contributed by atoms with Crippen LogP contribution in [0.5, 0.6) is 5.75 Å². The first-order chi connectivity index (χ1) is 8.68. The molecule has 18 heavy (non-hydrogen) atoms. The number of phenols is 1. The second-order valence-electron chi connectivity index (χ2n) is 3.40. The zero-order chi connectivity index (χ0) is 13.0. The first kappa shape index (κ1) is 11.6. The zero-order valence-corrected chi connectivity index (χ0v) is 9.18. The smallest absolute Gasteiger partial charge is 0.287 e. The quantitative estimate of drug-likeness (QED) is 0.567. The van der Waals surface area contributed by atoms with Gasteiger partial charge in [-0.15, -0.1) is 0 Å². The average molecular weight is 246 g/mol. The molecule has 0 saturated carbocycles. The van der Waals surface area contributed by atoms with Gasteiger partial charge in [0.25, 0.3) is 11.8 Å². The van der Waals surface area contributed by atoms with E-state index in [2.05, 4.69) is 21.0 Å². The third kappa shape index (κ3) is 2.46. The van der Waals surface area contributed by atoms with Gasteiger partial charge in [-0.3, -0.25) is 25.5 Å². The highest BCUT2D eigenvalue weighted by molar-refractivity contribution is 5.99. The number of aromatic amines is 1. The number of carbonyl (C=O) groups is 2. The summed E-state index contributed by atoms with van der Waals surface area (Å²) in [6.45, 7) is 0. The molecule has 2 amide bonds. The number of aromatic hydroxyl groups is 1. The molecule has 4 N–H and O–H groups in total. The highest BCUT2D eigenvalue weighted by Gasteiger charge is 2.12. The predicted molar refractivity (Wildman–Crippen MR) is 61.6 cm³/mol. The Hall–Kier alpha value is -2.83. The fourth-order valence-electron chi connectivity index (χ4n) is 1.30. The number of hydrazine groups is 1. The standard InChI is InChI=1S/C11H10N4O3/c16-9-4-2-1-3-7(9)10(17)14-15-11(18)8-5-6-12-13-8/h1-6,16H,(H,12,13)(H,14,17)(H,15,18). The molecule has 2 aromatic rings. The maximum atomic E-state index is 11.6. The van der Waals surface area contributed by atoms with Gasteiger partial charge in [0.1, 0.15) is 11.4 Å². The van der Waals surface area contributed by atoms with Crippen LogP contribution in [0.25, 0.3) is 0 Å². The number of hydrogen-bond donors (Lipinski definition) is 4. The summed E-state index contributed by atoms with van der Waals surface area (Å²) < 4.78 is 0. The van der Waals surface area contributed by atoms with E-state index in [1.807, 2.05) is 0 Å². The number of H-pyrrole nitrogens is 1. The number of amides is 2. The van der Waals surface area contributed by atoms with E-state index in [9.17, 15) is 14.7 Å². The van der Waals surface area contributed by atoms with E-state index in [4.69, 9.17) is 0 Å². The summed E-state index contributed by atoms with van der Waals surface area (Å²) in [6.07, 6.45) is 1.42. The van der Waals surface area contributed by atoms with E-state index in [1.165, 1.54) is 24.4 Å². The molecule has 0 aliphatic carbocycles. The Morgan fingerprint density at radius 3 is 2.50 bits per heavy atom. The van der Waals surface area contributed by atoms with Gasteiger partial charge in [0.2, 0.25) is 0 Å². The number of phenolic OH excluding ortho intramolecular Hbond substituents is 1. The molecule has 0 spiro atoms. The molecule has 0 radical (unpaired) electrons. The first-order valence-corrected chi connectivity index (χ1v) is 5.06. The largest absolute Gasteiger partial charge is 0.507 e. The predicted octanol–water partition coefficient (Wildman–Crippen LogP) is 0.190. The summed E-state index contributed by atoms with van der Waals surface area (Å²) in [5.74, 6) is -1.30. The van der Waals surface area contributed by atoms with Crippen molar-refractivity contribution in [1.82, 2.24) is 21.0 Å². The second-order valence-corrected chi connectivity index (χ2v) is 3.40. The van der Waals surface area contributed by atoms with Crippen molar-refractivity contribution in [2.75, 3.05) is 0 Å². The Labute approximate surface area is 102 Å². The lowest BCUT2D eigenvalue weighted by Gasteiger charge is -2.07. The molecule has 2 rings (SSSR count). The van der Waals surface area contributed by atoms with Crippen molar-refractivity contribution in [3.63, 3.8) is 0 Å². The van der Waals surface area contributed by atoms with Gasteiger partial charge in [-0.05, 0) is 18.2 Å². The van der Waals surface area contributed by atoms with E-state index < -0.39 is 11.8 Å². The van der Waals surface area contributed by atoms with Crippen molar-refractivity contribution in [3.8, 4) is 5.75 Å². The average Bonchev–Trinajstić information content (AvgIpc) is 2.90. The molecule has 0 aliphatic heterocycles. The van der Waals surface area contributed by atoms with Gasteiger partial charge < -0.3 is 5.11 Å². The Morgan fingerprint density at radius 1 is 1.11 bits per heavy atom. The lowest BCUT2D eigenvalue weighted by atomic mass is 10.2. The fraction of sp³-hybridized carbons (Fsp3) is 0. The summed E-state index contributed by atoms with van der Waals surface area (Å²) in [5.41, 5.74) is 4.66. The van der Waals surface area contributed by atoms with Gasteiger partial charge in [0, 0.05) is 6.20 Å². The molecule has 0 bridgehead atoms. The number of para-hydroxylation sites is 1. The van der Waals surface area contributed by atoms with Crippen LogP contribution in [-0.4, -0.2) is 27.1 Å². The topological polar surface area (TPSA) is 107 Å². The number of aromatic nitrogens is 2. The monoisotopic (exact) mass is 246 g/mol. The number of carbonyl (C=O) groups excluding carboxylic acids is 2. The molecule has 1 heterocycles. The van der Waals surface area contributed by atoms with Crippen molar-refractivity contribution in [3.05, 3.63) is 47.8 Å². The lowest BCUT2D eigenvalue weighted by Crippen LogP contribution is -2.41. The molecule has 1 aromatic carbocycles. The van der Waals surface area contributed by atoms with Crippen LogP contribution in [-0.2, 0) is 0 Å². The van der Waals surface area contributed by atoms with Crippen molar-refractivity contribution >= 4 is 11.8 Å². The van der Waals surface area contributed by atoms with E-state index >= 15 is 0 Å². The van der Waals surface area contributed by atoms with Gasteiger partial charge in [-0.25, -0.2) is 0 Å².